The molecule has 1 N–H and O–H groups in total. The Kier molecular flexibility index (Phi) is 6.36. The van der Waals surface area contributed by atoms with Gasteiger partial charge in [-0.15, -0.1) is 0 Å². The molecule has 0 aliphatic carbocycles. The molecule has 1 amide bonds. The lowest BCUT2D eigenvalue weighted by molar-refractivity contribution is -0.117. The Morgan fingerprint density at radius 1 is 1.65 bits per heavy atom. The molecule has 1 atom stereocenters. The highest BCUT2D eigenvalue weighted by Gasteiger charge is 2.13. The summed E-state index contributed by atoms with van der Waals surface area (Å²) < 4.78 is 19.1. The summed E-state index contributed by atoms with van der Waals surface area (Å²) in [6.07, 6.45) is 1.22. The fourth-order valence-electron chi connectivity index (χ4n) is 1.52. The number of carbonyl (C=O) groups excluding carboxylic acids is 1. The van der Waals surface area contributed by atoms with Gasteiger partial charge in [-0.3, -0.25) is 4.79 Å². The molecule has 0 aliphatic heterocycles. The van der Waals surface area contributed by atoms with Gasteiger partial charge in [0.05, 0.1) is 6.61 Å². The molecule has 1 aromatic rings. The van der Waals surface area contributed by atoms with Crippen molar-refractivity contribution in [2.75, 3.05) is 13.7 Å². The zero-order chi connectivity index (χ0) is 15.1. The second-order valence-electron chi connectivity index (χ2n) is 4.17. The van der Waals surface area contributed by atoms with Gasteiger partial charge in [-0.1, -0.05) is 15.9 Å². The van der Waals surface area contributed by atoms with Crippen molar-refractivity contribution < 1.29 is 13.9 Å². The lowest BCUT2D eigenvalue weighted by Crippen LogP contribution is -2.36. The molecule has 6 heteroatoms. The standard InChI is InChI=1S/C14H14BrFN2O2/c1-9(8-20-2)18-14(19)11(7-17)5-10-6-12(15)3-4-13(10)16/h3-6,9H,8H2,1-2H3,(H,18,19)/b11-5+. The van der Waals surface area contributed by atoms with Gasteiger partial charge in [0.15, 0.2) is 0 Å². The average Bonchev–Trinajstić information content (AvgIpc) is 2.39. The number of hydrogen-bond acceptors (Lipinski definition) is 3. The van der Waals surface area contributed by atoms with Crippen molar-refractivity contribution in [3.63, 3.8) is 0 Å². The van der Waals surface area contributed by atoms with Gasteiger partial charge in [-0.05, 0) is 31.2 Å². The minimum atomic E-state index is -0.559. The third kappa shape index (κ3) is 4.76. The molecule has 1 rings (SSSR count). The first-order valence-electron chi connectivity index (χ1n) is 5.84. The number of benzene rings is 1. The van der Waals surface area contributed by atoms with Gasteiger partial charge in [-0.2, -0.15) is 5.26 Å². The van der Waals surface area contributed by atoms with E-state index in [2.05, 4.69) is 21.2 Å². The van der Waals surface area contributed by atoms with Crippen LogP contribution in [-0.2, 0) is 9.53 Å². The Labute approximate surface area is 125 Å². The number of methoxy groups -OCH3 is 1. The third-order valence-electron chi connectivity index (χ3n) is 2.42. The van der Waals surface area contributed by atoms with E-state index in [4.69, 9.17) is 10.00 Å². The fraction of sp³-hybridized carbons (Fsp3) is 0.286. The van der Waals surface area contributed by atoms with E-state index in [1.807, 2.05) is 0 Å². The van der Waals surface area contributed by atoms with E-state index >= 15 is 0 Å². The smallest absolute Gasteiger partial charge is 0.262 e. The maximum atomic E-state index is 13.6. The minimum absolute atomic E-state index is 0.162. The monoisotopic (exact) mass is 340 g/mol. The first-order chi connectivity index (χ1) is 9.47. The van der Waals surface area contributed by atoms with E-state index in [1.165, 1.54) is 25.3 Å². The van der Waals surface area contributed by atoms with Crippen LogP contribution in [0.15, 0.2) is 28.2 Å². The van der Waals surface area contributed by atoms with Crippen LogP contribution in [0, 0.1) is 17.1 Å². The number of rotatable bonds is 5. The van der Waals surface area contributed by atoms with Crippen LogP contribution < -0.4 is 5.32 Å². The van der Waals surface area contributed by atoms with Crippen molar-refractivity contribution in [1.29, 1.82) is 5.26 Å². The normalized spacial score (nSPS) is 12.7. The molecular formula is C14H14BrFN2O2. The van der Waals surface area contributed by atoms with Crippen LogP contribution in [0.25, 0.3) is 6.08 Å². The summed E-state index contributed by atoms with van der Waals surface area (Å²) in [5.41, 5.74) is 0.00965. The lowest BCUT2D eigenvalue weighted by Gasteiger charge is -2.12. The van der Waals surface area contributed by atoms with Crippen LogP contribution in [0.2, 0.25) is 0 Å². The number of nitrogens with one attached hydrogen (secondary N) is 1. The summed E-state index contributed by atoms with van der Waals surface area (Å²) in [5.74, 6) is -1.06. The van der Waals surface area contributed by atoms with Gasteiger partial charge in [0.25, 0.3) is 5.91 Å². The van der Waals surface area contributed by atoms with Gasteiger partial charge in [0, 0.05) is 23.2 Å². The third-order valence-corrected chi connectivity index (χ3v) is 2.91. The summed E-state index contributed by atoms with van der Waals surface area (Å²) in [5, 5.41) is 11.6. The largest absolute Gasteiger partial charge is 0.383 e. The van der Waals surface area contributed by atoms with E-state index < -0.39 is 11.7 Å². The lowest BCUT2D eigenvalue weighted by atomic mass is 10.1. The first-order valence-corrected chi connectivity index (χ1v) is 6.64. The highest BCUT2D eigenvalue weighted by molar-refractivity contribution is 9.10. The van der Waals surface area contributed by atoms with Crippen LogP contribution in [0.1, 0.15) is 12.5 Å². The summed E-state index contributed by atoms with van der Waals surface area (Å²) in [6.45, 7) is 2.08. The maximum absolute atomic E-state index is 13.6. The van der Waals surface area contributed by atoms with Gasteiger partial charge in [-0.25, -0.2) is 4.39 Å². The molecule has 0 fully saturated rings. The number of amides is 1. The molecule has 0 bridgehead atoms. The van der Waals surface area contributed by atoms with E-state index in [0.29, 0.717) is 11.1 Å². The second-order valence-corrected chi connectivity index (χ2v) is 5.08. The molecule has 0 aromatic heterocycles. The molecule has 1 aromatic carbocycles. The molecule has 0 radical (unpaired) electrons. The molecule has 0 aliphatic rings. The molecule has 0 saturated heterocycles. The number of nitriles is 1. The highest BCUT2D eigenvalue weighted by Crippen LogP contribution is 2.18. The molecule has 106 valence electrons. The summed E-state index contributed by atoms with van der Waals surface area (Å²) in [6, 6.07) is 5.83. The molecule has 0 spiro atoms. The Morgan fingerprint density at radius 3 is 2.95 bits per heavy atom. The molecule has 1 unspecified atom stereocenters. The second kappa shape index (κ2) is 7.78. The number of halogens is 2. The zero-order valence-corrected chi connectivity index (χ0v) is 12.7. The van der Waals surface area contributed by atoms with Crippen molar-refractivity contribution in [3.8, 4) is 6.07 Å². The Hall–Kier alpha value is -1.71. The Bertz CT molecular complexity index is 567. The summed E-state index contributed by atoms with van der Waals surface area (Å²) >= 11 is 3.21. The Balaban J connectivity index is 2.95. The van der Waals surface area contributed by atoms with Gasteiger partial charge >= 0.3 is 0 Å². The zero-order valence-electron chi connectivity index (χ0n) is 11.1. The van der Waals surface area contributed by atoms with Crippen LogP contribution in [0.5, 0.6) is 0 Å². The first kappa shape index (κ1) is 16.3. The van der Waals surface area contributed by atoms with Crippen molar-refractivity contribution >= 4 is 27.9 Å². The summed E-state index contributed by atoms with van der Waals surface area (Å²) in [7, 11) is 1.51. The fourth-order valence-corrected chi connectivity index (χ4v) is 1.90. The van der Waals surface area contributed by atoms with Crippen molar-refractivity contribution in [1.82, 2.24) is 5.32 Å². The molecular weight excluding hydrogens is 327 g/mol. The van der Waals surface area contributed by atoms with Crippen molar-refractivity contribution in [2.24, 2.45) is 0 Å². The molecule has 0 heterocycles. The van der Waals surface area contributed by atoms with Gasteiger partial charge in [0.2, 0.25) is 0 Å². The number of ether oxygens (including phenoxy) is 1. The van der Waals surface area contributed by atoms with E-state index in [1.54, 1.807) is 19.1 Å². The molecule has 20 heavy (non-hydrogen) atoms. The number of nitrogens with zero attached hydrogens (tertiary/aromatic N) is 1. The van der Waals surface area contributed by atoms with Crippen LogP contribution in [0.3, 0.4) is 0 Å². The predicted octanol–water partition coefficient (Wildman–Crippen LogP) is 2.65. The summed E-state index contributed by atoms with van der Waals surface area (Å²) in [4.78, 5) is 11.9. The molecule has 0 saturated carbocycles. The predicted molar refractivity (Wildman–Crippen MR) is 77.2 cm³/mol. The number of carbonyl (C=O) groups is 1. The van der Waals surface area contributed by atoms with Crippen molar-refractivity contribution in [3.05, 3.63) is 39.6 Å². The van der Waals surface area contributed by atoms with E-state index in [9.17, 15) is 9.18 Å². The maximum Gasteiger partial charge on any atom is 0.262 e. The number of hydrogen-bond donors (Lipinski definition) is 1. The van der Waals surface area contributed by atoms with Gasteiger partial charge in [0.1, 0.15) is 17.5 Å². The topological polar surface area (TPSA) is 62.1 Å². The van der Waals surface area contributed by atoms with E-state index in [0.717, 1.165) is 0 Å². The highest BCUT2D eigenvalue weighted by atomic mass is 79.9. The van der Waals surface area contributed by atoms with Gasteiger partial charge < -0.3 is 10.1 Å². The van der Waals surface area contributed by atoms with Crippen molar-refractivity contribution in [2.45, 2.75) is 13.0 Å². The molecule has 4 nitrogen and oxygen atoms in total. The van der Waals surface area contributed by atoms with Crippen LogP contribution in [-0.4, -0.2) is 25.7 Å². The SMILES string of the molecule is COCC(C)NC(=O)/C(C#N)=C/c1cc(Br)ccc1F. The Morgan fingerprint density at radius 2 is 2.35 bits per heavy atom. The van der Waals surface area contributed by atoms with Crippen LogP contribution >= 0.6 is 15.9 Å². The van der Waals surface area contributed by atoms with Crippen LogP contribution in [0.4, 0.5) is 4.39 Å². The van der Waals surface area contributed by atoms with E-state index in [-0.39, 0.29) is 17.2 Å². The average molecular weight is 341 g/mol. The minimum Gasteiger partial charge on any atom is -0.383 e. The quantitative estimate of drug-likeness (QED) is 0.662.